The van der Waals surface area contributed by atoms with Crippen LogP contribution in [0.15, 0.2) is 36.4 Å². The Hall–Kier alpha value is -2.17. The molecular weight excluding hydrogens is 347 g/mol. The normalized spacial score (nSPS) is 35.1. The van der Waals surface area contributed by atoms with Crippen molar-refractivity contribution < 1.29 is 23.5 Å². The second kappa shape index (κ2) is 6.47. The highest BCUT2D eigenvalue weighted by atomic mass is 19.1. The predicted octanol–water partition coefficient (Wildman–Crippen LogP) is 4.30. The van der Waals surface area contributed by atoms with Crippen LogP contribution in [0.3, 0.4) is 0 Å². The third-order valence-electron chi connectivity index (χ3n) is 6.91. The summed E-state index contributed by atoms with van der Waals surface area (Å²) in [5.41, 5.74) is 1.21. The minimum absolute atomic E-state index is 0.00928. The number of carbonyl (C=O) groups excluding carboxylic acids is 2. The highest BCUT2D eigenvalue weighted by Gasteiger charge is 2.66. The summed E-state index contributed by atoms with van der Waals surface area (Å²) in [4.78, 5) is 23.8. The fraction of sp³-hybridized carbons (Fsp3) is 0.545. The molecule has 1 aromatic carbocycles. The Bertz CT molecular complexity index is 786. The van der Waals surface area contributed by atoms with Crippen LogP contribution in [0, 0.1) is 29.0 Å². The minimum Gasteiger partial charge on any atom is -0.459 e. The van der Waals surface area contributed by atoms with E-state index in [9.17, 15) is 14.0 Å². The van der Waals surface area contributed by atoms with Crippen LogP contribution in [0.2, 0.25) is 0 Å². The molecule has 0 amide bonds. The van der Waals surface area contributed by atoms with Gasteiger partial charge in [0.1, 0.15) is 11.9 Å². The van der Waals surface area contributed by atoms with Crippen LogP contribution >= 0.6 is 0 Å². The Balaban J connectivity index is 1.29. The number of hydrogen-bond donors (Lipinski definition) is 0. The molecule has 4 rings (SSSR count). The van der Waals surface area contributed by atoms with E-state index in [0.717, 1.165) is 25.7 Å². The first kappa shape index (κ1) is 18.2. The quantitative estimate of drug-likeness (QED) is 0.571. The summed E-state index contributed by atoms with van der Waals surface area (Å²) in [5.74, 6) is 0.315. The standard InChI is InChI=1S/C22H25FO4/c1-12(26-21(25)14-5-7-15(23)8-6-14)4-9-17-18-10-16-13(2)20(24)27-19(16)11-22(17,18)3/h5-8,12,16-19H,2,4,9-11H2,1,3H3/t12?,16-,17?,18+,19-,22-/m1/s1. The number of halogens is 1. The molecule has 144 valence electrons. The molecule has 3 fully saturated rings. The van der Waals surface area contributed by atoms with Gasteiger partial charge in [-0.2, -0.15) is 0 Å². The van der Waals surface area contributed by atoms with Gasteiger partial charge in [-0.25, -0.2) is 14.0 Å². The lowest BCUT2D eigenvalue weighted by atomic mass is 9.79. The van der Waals surface area contributed by atoms with Gasteiger partial charge < -0.3 is 9.47 Å². The van der Waals surface area contributed by atoms with Crippen molar-refractivity contribution in [1.82, 2.24) is 0 Å². The van der Waals surface area contributed by atoms with E-state index in [4.69, 9.17) is 9.47 Å². The fourth-order valence-corrected chi connectivity index (χ4v) is 5.20. The van der Waals surface area contributed by atoms with Gasteiger partial charge in [-0.1, -0.05) is 13.5 Å². The zero-order valence-electron chi connectivity index (χ0n) is 15.7. The Morgan fingerprint density at radius 1 is 1.41 bits per heavy atom. The lowest BCUT2D eigenvalue weighted by Gasteiger charge is -2.27. The summed E-state index contributed by atoms with van der Waals surface area (Å²) >= 11 is 0. The van der Waals surface area contributed by atoms with Gasteiger partial charge in [-0.3, -0.25) is 0 Å². The molecule has 2 aliphatic carbocycles. The second-order valence-corrected chi connectivity index (χ2v) is 8.53. The molecule has 3 aliphatic rings. The zero-order valence-corrected chi connectivity index (χ0v) is 15.7. The summed E-state index contributed by atoms with van der Waals surface area (Å²) in [6.45, 7) is 8.08. The highest BCUT2D eigenvalue weighted by Crippen LogP contribution is 2.70. The Labute approximate surface area is 158 Å². The number of benzene rings is 1. The first-order chi connectivity index (χ1) is 12.8. The fourth-order valence-electron chi connectivity index (χ4n) is 5.20. The molecule has 1 heterocycles. The average molecular weight is 372 g/mol. The van der Waals surface area contributed by atoms with E-state index in [0.29, 0.717) is 23.0 Å². The van der Waals surface area contributed by atoms with Crippen LogP contribution in [0.25, 0.3) is 0 Å². The van der Waals surface area contributed by atoms with Crippen molar-refractivity contribution in [3.8, 4) is 0 Å². The van der Waals surface area contributed by atoms with Crippen LogP contribution in [0.1, 0.15) is 49.9 Å². The monoisotopic (exact) mass is 372 g/mol. The molecule has 4 nitrogen and oxygen atoms in total. The van der Waals surface area contributed by atoms with Crippen LogP contribution in [-0.4, -0.2) is 24.1 Å². The molecule has 0 spiro atoms. The maximum atomic E-state index is 13.0. The van der Waals surface area contributed by atoms with E-state index >= 15 is 0 Å². The molecule has 6 atom stereocenters. The Morgan fingerprint density at radius 3 is 2.81 bits per heavy atom. The van der Waals surface area contributed by atoms with Crippen molar-refractivity contribution in [2.24, 2.45) is 23.2 Å². The van der Waals surface area contributed by atoms with E-state index in [1.807, 2.05) is 6.92 Å². The number of hydrogen-bond acceptors (Lipinski definition) is 4. The second-order valence-electron chi connectivity index (χ2n) is 8.53. The van der Waals surface area contributed by atoms with Gasteiger partial charge in [0.2, 0.25) is 0 Å². The Morgan fingerprint density at radius 2 is 2.11 bits per heavy atom. The molecular formula is C22H25FO4. The highest BCUT2D eigenvalue weighted by molar-refractivity contribution is 5.91. The van der Waals surface area contributed by atoms with Gasteiger partial charge in [0.05, 0.1) is 11.7 Å². The van der Waals surface area contributed by atoms with Crippen LogP contribution < -0.4 is 0 Å². The van der Waals surface area contributed by atoms with Crippen LogP contribution in [-0.2, 0) is 14.3 Å². The van der Waals surface area contributed by atoms with Crippen LogP contribution in [0.4, 0.5) is 4.39 Å². The molecule has 1 saturated heterocycles. The number of fused-ring (bicyclic) bond motifs is 2. The van der Waals surface area contributed by atoms with Gasteiger partial charge in [-0.15, -0.1) is 0 Å². The lowest BCUT2D eigenvalue weighted by Crippen LogP contribution is -2.26. The molecule has 0 radical (unpaired) electrons. The number of rotatable bonds is 5. The predicted molar refractivity (Wildman–Crippen MR) is 97.3 cm³/mol. The van der Waals surface area contributed by atoms with Crippen molar-refractivity contribution in [1.29, 1.82) is 0 Å². The van der Waals surface area contributed by atoms with Crippen molar-refractivity contribution in [3.63, 3.8) is 0 Å². The zero-order chi connectivity index (χ0) is 19.3. The summed E-state index contributed by atoms with van der Waals surface area (Å²) in [6, 6.07) is 5.39. The summed E-state index contributed by atoms with van der Waals surface area (Å²) in [5, 5.41) is 0. The van der Waals surface area contributed by atoms with Crippen LogP contribution in [0.5, 0.6) is 0 Å². The molecule has 5 heteroatoms. The van der Waals surface area contributed by atoms with Crippen molar-refractivity contribution in [2.45, 2.75) is 51.7 Å². The van der Waals surface area contributed by atoms with E-state index in [2.05, 4.69) is 13.5 Å². The average Bonchev–Trinajstić information content (AvgIpc) is 3.10. The maximum Gasteiger partial charge on any atom is 0.338 e. The Kier molecular flexibility index (Phi) is 4.36. The molecule has 0 N–H and O–H groups in total. The smallest absolute Gasteiger partial charge is 0.338 e. The number of esters is 2. The molecule has 0 aromatic heterocycles. The maximum absolute atomic E-state index is 13.0. The summed E-state index contributed by atoms with van der Waals surface area (Å²) in [7, 11) is 0. The third kappa shape index (κ3) is 3.17. The first-order valence-corrected chi connectivity index (χ1v) is 9.66. The summed E-state index contributed by atoms with van der Waals surface area (Å²) < 4.78 is 23.9. The molecule has 27 heavy (non-hydrogen) atoms. The van der Waals surface area contributed by atoms with Gasteiger partial charge in [-0.05, 0) is 74.1 Å². The van der Waals surface area contributed by atoms with Gasteiger partial charge in [0.25, 0.3) is 0 Å². The van der Waals surface area contributed by atoms with E-state index in [1.54, 1.807) is 0 Å². The summed E-state index contributed by atoms with van der Waals surface area (Å²) in [6.07, 6.45) is 3.45. The van der Waals surface area contributed by atoms with E-state index < -0.39 is 5.97 Å². The minimum atomic E-state index is -0.417. The molecule has 1 aliphatic heterocycles. The van der Waals surface area contributed by atoms with Gasteiger partial charge >= 0.3 is 11.9 Å². The van der Waals surface area contributed by atoms with Crippen molar-refractivity contribution in [3.05, 3.63) is 47.8 Å². The van der Waals surface area contributed by atoms with E-state index in [1.165, 1.54) is 24.3 Å². The van der Waals surface area contributed by atoms with Gasteiger partial charge in [0.15, 0.2) is 0 Å². The van der Waals surface area contributed by atoms with Gasteiger partial charge in [0, 0.05) is 11.5 Å². The topological polar surface area (TPSA) is 52.6 Å². The van der Waals surface area contributed by atoms with Crippen molar-refractivity contribution in [2.75, 3.05) is 0 Å². The number of ether oxygens (including phenoxy) is 2. The number of carbonyl (C=O) groups is 2. The molecule has 2 unspecified atom stereocenters. The third-order valence-corrected chi connectivity index (χ3v) is 6.91. The molecule has 1 aromatic rings. The largest absolute Gasteiger partial charge is 0.459 e. The molecule has 2 saturated carbocycles. The molecule has 0 bridgehead atoms. The first-order valence-electron chi connectivity index (χ1n) is 9.66. The SMILES string of the molecule is C=C1C(=O)O[C@@H]2C[C@]3(C)C(CCC(C)OC(=O)c4ccc(F)cc4)[C@@H]3C[C@H]12. The van der Waals surface area contributed by atoms with Crippen molar-refractivity contribution >= 4 is 11.9 Å². The lowest BCUT2D eigenvalue weighted by molar-refractivity contribution is -0.140. The van der Waals surface area contributed by atoms with E-state index in [-0.39, 0.29) is 35.3 Å².